The van der Waals surface area contributed by atoms with Crippen molar-refractivity contribution in [2.45, 2.75) is 6.54 Å². The molecule has 0 aliphatic rings. The second-order valence-electron chi connectivity index (χ2n) is 4.73. The van der Waals surface area contributed by atoms with Gasteiger partial charge in [-0.25, -0.2) is 10.2 Å². The van der Waals surface area contributed by atoms with Gasteiger partial charge in [-0.2, -0.15) is 5.10 Å². The number of nitrogens with two attached hydrogens (primary N) is 1. The van der Waals surface area contributed by atoms with E-state index in [-0.39, 0.29) is 5.69 Å². The van der Waals surface area contributed by atoms with Gasteiger partial charge in [-0.1, -0.05) is 35.9 Å². The summed E-state index contributed by atoms with van der Waals surface area (Å²) in [5, 5.41) is 5.28. The molecule has 0 saturated carbocycles. The number of carbonyl (C=O) groups excluding carboxylic acids is 1. The molecule has 0 radical (unpaired) electrons. The maximum absolute atomic E-state index is 13.1. The molecule has 1 aromatic heterocycles. The quantitative estimate of drug-likeness (QED) is 0.443. The third-order valence-electron chi connectivity index (χ3n) is 3.34. The number of nitrogen functional groups attached to an aromatic ring is 1. The third-order valence-corrected chi connectivity index (χ3v) is 3.69. The minimum Gasteiger partial charge on any atom is -0.289 e. The van der Waals surface area contributed by atoms with Gasteiger partial charge in [0.15, 0.2) is 5.69 Å². The summed E-state index contributed by atoms with van der Waals surface area (Å²) in [5.41, 5.74) is 3.78. The predicted molar refractivity (Wildman–Crippen MR) is 81.9 cm³/mol. The zero-order valence-corrected chi connectivity index (χ0v) is 12.1. The van der Waals surface area contributed by atoms with Crippen molar-refractivity contribution < 1.29 is 9.18 Å². The number of fused-ring (bicyclic) bond motifs is 1. The van der Waals surface area contributed by atoms with Gasteiger partial charge in [0, 0.05) is 10.4 Å². The smallest absolute Gasteiger partial charge is 0.286 e. The van der Waals surface area contributed by atoms with E-state index in [1.54, 1.807) is 16.8 Å². The van der Waals surface area contributed by atoms with Crippen LogP contribution >= 0.6 is 11.6 Å². The molecule has 7 heteroatoms. The number of hydrogen-bond acceptors (Lipinski definition) is 3. The molecular weight excluding hydrogens is 307 g/mol. The molecule has 2 aromatic carbocycles. The highest BCUT2D eigenvalue weighted by Crippen LogP contribution is 2.22. The van der Waals surface area contributed by atoms with E-state index in [0.29, 0.717) is 22.5 Å². The lowest BCUT2D eigenvalue weighted by Crippen LogP contribution is -2.30. The molecule has 3 rings (SSSR count). The Morgan fingerprint density at radius 3 is 2.82 bits per heavy atom. The molecule has 0 spiro atoms. The summed E-state index contributed by atoms with van der Waals surface area (Å²) in [6, 6.07) is 11.5. The molecule has 3 aromatic rings. The maximum Gasteiger partial charge on any atom is 0.286 e. The number of amides is 1. The summed E-state index contributed by atoms with van der Waals surface area (Å²) in [6.45, 7) is 0.317. The Bertz CT molecular complexity index is 862. The van der Waals surface area contributed by atoms with E-state index in [1.165, 1.54) is 12.1 Å². The van der Waals surface area contributed by atoms with Crippen molar-refractivity contribution in [1.29, 1.82) is 0 Å². The Morgan fingerprint density at radius 1 is 1.32 bits per heavy atom. The number of hydrogen-bond donors (Lipinski definition) is 2. The monoisotopic (exact) mass is 318 g/mol. The van der Waals surface area contributed by atoms with Crippen LogP contribution in [0.2, 0.25) is 5.02 Å². The second kappa shape index (κ2) is 5.75. The Kier molecular flexibility index (Phi) is 3.79. The Morgan fingerprint density at radius 2 is 2.09 bits per heavy atom. The van der Waals surface area contributed by atoms with Crippen LogP contribution in [0.3, 0.4) is 0 Å². The average Bonchev–Trinajstić information content (AvgIpc) is 2.88. The summed E-state index contributed by atoms with van der Waals surface area (Å²) in [7, 11) is 0. The fourth-order valence-electron chi connectivity index (χ4n) is 2.30. The average molecular weight is 319 g/mol. The number of rotatable bonds is 3. The Balaban J connectivity index is 2.09. The minimum absolute atomic E-state index is 0.233. The van der Waals surface area contributed by atoms with E-state index < -0.39 is 11.7 Å². The fraction of sp³-hybridized carbons (Fsp3) is 0.0667. The first kappa shape index (κ1) is 14.5. The number of aromatic nitrogens is 2. The normalized spacial score (nSPS) is 10.9. The fourth-order valence-corrected chi connectivity index (χ4v) is 2.52. The summed E-state index contributed by atoms with van der Waals surface area (Å²) < 4.78 is 14.8. The number of halogens is 2. The first-order valence-electron chi connectivity index (χ1n) is 6.50. The highest BCUT2D eigenvalue weighted by atomic mass is 35.5. The van der Waals surface area contributed by atoms with Crippen LogP contribution in [0.15, 0.2) is 42.5 Å². The van der Waals surface area contributed by atoms with E-state index in [0.717, 1.165) is 5.52 Å². The number of hydrazine groups is 1. The van der Waals surface area contributed by atoms with Crippen LogP contribution < -0.4 is 11.3 Å². The van der Waals surface area contributed by atoms with Gasteiger partial charge in [-0.05, 0) is 23.8 Å². The molecule has 1 amide bonds. The van der Waals surface area contributed by atoms with Gasteiger partial charge in [-0.15, -0.1) is 0 Å². The van der Waals surface area contributed by atoms with Crippen LogP contribution in [0, 0.1) is 5.82 Å². The Labute approximate surface area is 130 Å². The van der Waals surface area contributed by atoms with Gasteiger partial charge in [0.2, 0.25) is 0 Å². The maximum atomic E-state index is 13.1. The standard InChI is InChI=1S/C15H12ClFN4O/c16-12-7-10(17)6-5-9(12)8-21-13-4-2-1-3-11(13)14(20-21)15(22)19-18/h1-7H,8,18H2,(H,19,22). The van der Waals surface area contributed by atoms with Gasteiger partial charge >= 0.3 is 0 Å². The molecule has 112 valence electrons. The molecule has 0 aliphatic carbocycles. The molecule has 3 N–H and O–H groups in total. The molecule has 0 atom stereocenters. The molecule has 0 aliphatic heterocycles. The summed E-state index contributed by atoms with van der Waals surface area (Å²) in [5.74, 6) is 4.31. The van der Waals surface area contributed by atoms with Crippen LogP contribution in [0.1, 0.15) is 16.1 Å². The van der Waals surface area contributed by atoms with Gasteiger partial charge < -0.3 is 0 Å². The van der Waals surface area contributed by atoms with Crippen LogP contribution in [0.25, 0.3) is 10.9 Å². The van der Waals surface area contributed by atoms with Crippen molar-refractivity contribution in [2.75, 3.05) is 0 Å². The van der Waals surface area contributed by atoms with Gasteiger partial charge in [0.05, 0.1) is 12.1 Å². The molecule has 1 heterocycles. The van der Waals surface area contributed by atoms with Gasteiger partial charge in [0.25, 0.3) is 5.91 Å². The van der Waals surface area contributed by atoms with Crippen LogP contribution in [0.4, 0.5) is 4.39 Å². The molecule has 0 unspecified atom stereocenters. The molecule has 5 nitrogen and oxygen atoms in total. The molecule has 22 heavy (non-hydrogen) atoms. The highest BCUT2D eigenvalue weighted by Gasteiger charge is 2.16. The van der Waals surface area contributed by atoms with Crippen molar-refractivity contribution in [3.8, 4) is 0 Å². The summed E-state index contributed by atoms with van der Waals surface area (Å²) >= 11 is 6.05. The number of carbonyl (C=O) groups is 1. The van der Waals surface area contributed by atoms with Crippen molar-refractivity contribution >= 4 is 28.4 Å². The number of para-hydroxylation sites is 1. The molecule has 0 fully saturated rings. The number of benzene rings is 2. The van der Waals surface area contributed by atoms with E-state index in [9.17, 15) is 9.18 Å². The lowest BCUT2D eigenvalue weighted by atomic mass is 10.2. The first-order chi connectivity index (χ1) is 10.6. The minimum atomic E-state index is -0.472. The van der Waals surface area contributed by atoms with Crippen molar-refractivity contribution in [2.24, 2.45) is 5.84 Å². The van der Waals surface area contributed by atoms with E-state index >= 15 is 0 Å². The van der Waals surface area contributed by atoms with Gasteiger partial charge in [-0.3, -0.25) is 14.9 Å². The lowest BCUT2D eigenvalue weighted by molar-refractivity contribution is 0.0949. The largest absolute Gasteiger partial charge is 0.289 e. The van der Waals surface area contributed by atoms with E-state index in [4.69, 9.17) is 17.4 Å². The van der Waals surface area contributed by atoms with Crippen LogP contribution in [0.5, 0.6) is 0 Å². The van der Waals surface area contributed by atoms with Crippen molar-refractivity contribution in [1.82, 2.24) is 15.2 Å². The van der Waals surface area contributed by atoms with E-state index in [1.807, 2.05) is 18.2 Å². The molecule has 0 bridgehead atoms. The third kappa shape index (κ3) is 2.54. The Hall–Kier alpha value is -2.44. The molecule has 0 saturated heterocycles. The summed E-state index contributed by atoms with van der Waals surface area (Å²) in [4.78, 5) is 11.8. The predicted octanol–water partition coefficient (Wildman–Crippen LogP) is 2.48. The summed E-state index contributed by atoms with van der Waals surface area (Å²) in [6.07, 6.45) is 0. The number of nitrogens with zero attached hydrogens (tertiary/aromatic N) is 2. The second-order valence-corrected chi connectivity index (χ2v) is 5.14. The number of nitrogens with one attached hydrogen (secondary N) is 1. The SMILES string of the molecule is NNC(=O)c1nn(Cc2ccc(F)cc2Cl)c2ccccc12. The van der Waals surface area contributed by atoms with Crippen molar-refractivity contribution in [3.63, 3.8) is 0 Å². The first-order valence-corrected chi connectivity index (χ1v) is 6.88. The topological polar surface area (TPSA) is 72.9 Å². The zero-order valence-electron chi connectivity index (χ0n) is 11.4. The van der Waals surface area contributed by atoms with Crippen LogP contribution in [-0.2, 0) is 6.54 Å². The zero-order chi connectivity index (χ0) is 15.7. The highest BCUT2D eigenvalue weighted by molar-refractivity contribution is 6.31. The van der Waals surface area contributed by atoms with E-state index in [2.05, 4.69) is 10.5 Å². The van der Waals surface area contributed by atoms with Gasteiger partial charge in [0.1, 0.15) is 5.82 Å². The molecular formula is C15H12ClFN4O. The van der Waals surface area contributed by atoms with Crippen LogP contribution in [-0.4, -0.2) is 15.7 Å². The van der Waals surface area contributed by atoms with Crippen molar-refractivity contribution in [3.05, 3.63) is 64.6 Å². The lowest BCUT2D eigenvalue weighted by Gasteiger charge is -2.06.